The van der Waals surface area contributed by atoms with Crippen LogP contribution in [0.1, 0.15) is 36.0 Å². The van der Waals surface area contributed by atoms with Gasteiger partial charge in [0, 0.05) is 25.2 Å². The quantitative estimate of drug-likeness (QED) is 0.384. The number of amidine groups is 1. The molecule has 0 spiro atoms. The summed E-state index contributed by atoms with van der Waals surface area (Å²) < 4.78 is 0. The smallest absolute Gasteiger partial charge is 0.170 e. The van der Waals surface area contributed by atoms with Gasteiger partial charge >= 0.3 is 0 Å². The number of nitrogens with zero attached hydrogens (tertiary/aromatic N) is 2. The molecule has 0 amide bonds. The summed E-state index contributed by atoms with van der Waals surface area (Å²) in [6, 6.07) is 6.05. The predicted octanol–water partition coefficient (Wildman–Crippen LogP) is 2.32. The SMILES string of the molecule is Cc1cc(/C(N)=N/O)ccc1CN1CC2CCCC2C1. The molecule has 1 heterocycles. The second-order valence-electron chi connectivity index (χ2n) is 6.27. The van der Waals surface area contributed by atoms with Crippen LogP contribution in [0.5, 0.6) is 0 Å². The normalized spacial score (nSPS) is 26.9. The maximum absolute atomic E-state index is 8.72. The van der Waals surface area contributed by atoms with E-state index in [2.05, 4.69) is 23.0 Å². The highest BCUT2D eigenvalue weighted by Gasteiger charge is 2.35. The van der Waals surface area contributed by atoms with Crippen LogP contribution in [-0.2, 0) is 6.54 Å². The monoisotopic (exact) mass is 273 g/mol. The molecule has 20 heavy (non-hydrogen) atoms. The van der Waals surface area contributed by atoms with E-state index in [1.54, 1.807) is 0 Å². The first-order valence-corrected chi connectivity index (χ1v) is 7.47. The van der Waals surface area contributed by atoms with Gasteiger partial charge in [-0.3, -0.25) is 4.90 Å². The van der Waals surface area contributed by atoms with Crippen LogP contribution >= 0.6 is 0 Å². The van der Waals surface area contributed by atoms with Crippen molar-refractivity contribution in [3.8, 4) is 0 Å². The van der Waals surface area contributed by atoms with E-state index in [4.69, 9.17) is 10.9 Å². The van der Waals surface area contributed by atoms with E-state index in [-0.39, 0.29) is 5.84 Å². The Morgan fingerprint density at radius 1 is 1.35 bits per heavy atom. The Kier molecular flexibility index (Phi) is 3.66. The number of nitrogens with two attached hydrogens (primary N) is 1. The van der Waals surface area contributed by atoms with Crippen LogP contribution in [0.3, 0.4) is 0 Å². The molecule has 0 radical (unpaired) electrons. The molecule has 1 saturated heterocycles. The van der Waals surface area contributed by atoms with Crippen molar-refractivity contribution in [2.45, 2.75) is 32.7 Å². The van der Waals surface area contributed by atoms with Crippen LogP contribution in [0.4, 0.5) is 0 Å². The first kappa shape index (κ1) is 13.4. The topological polar surface area (TPSA) is 61.9 Å². The lowest BCUT2D eigenvalue weighted by Gasteiger charge is -2.18. The number of oxime groups is 1. The van der Waals surface area contributed by atoms with Crippen LogP contribution in [0, 0.1) is 18.8 Å². The lowest BCUT2D eigenvalue weighted by molar-refractivity contribution is 0.303. The molecule has 3 rings (SSSR count). The Hall–Kier alpha value is -1.55. The van der Waals surface area contributed by atoms with Crippen molar-refractivity contribution >= 4 is 5.84 Å². The zero-order valence-corrected chi connectivity index (χ0v) is 12.0. The molecule has 108 valence electrons. The molecule has 2 fully saturated rings. The number of fused-ring (bicyclic) bond motifs is 1. The zero-order chi connectivity index (χ0) is 14.1. The summed E-state index contributed by atoms with van der Waals surface area (Å²) in [5, 5.41) is 11.8. The van der Waals surface area contributed by atoms with Gasteiger partial charge in [0.15, 0.2) is 5.84 Å². The largest absolute Gasteiger partial charge is 0.409 e. The minimum atomic E-state index is 0.176. The number of benzene rings is 1. The summed E-state index contributed by atoms with van der Waals surface area (Å²) in [5.41, 5.74) is 8.97. The van der Waals surface area contributed by atoms with Gasteiger partial charge in [-0.05, 0) is 48.8 Å². The fourth-order valence-corrected chi connectivity index (χ4v) is 3.79. The number of likely N-dealkylation sites (tertiary alicyclic amines) is 1. The Labute approximate surface area is 120 Å². The van der Waals surface area contributed by atoms with E-state index >= 15 is 0 Å². The van der Waals surface area contributed by atoms with E-state index in [1.807, 2.05) is 12.1 Å². The molecule has 0 bridgehead atoms. The highest BCUT2D eigenvalue weighted by molar-refractivity contribution is 5.97. The molecule has 1 aromatic rings. The number of rotatable bonds is 3. The first-order chi connectivity index (χ1) is 9.67. The van der Waals surface area contributed by atoms with Crippen molar-refractivity contribution in [1.29, 1.82) is 0 Å². The fourth-order valence-electron chi connectivity index (χ4n) is 3.79. The van der Waals surface area contributed by atoms with E-state index in [0.29, 0.717) is 0 Å². The molecule has 0 aromatic heterocycles. The molecule has 1 aliphatic heterocycles. The van der Waals surface area contributed by atoms with Gasteiger partial charge in [0.1, 0.15) is 0 Å². The van der Waals surface area contributed by atoms with Crippen molar-refractivity contribution in [2.75, 3.05) is 13.1 Å². The fraction of sp³-hybridized carbons (Fsp3) is 0.562. The first-order valence-electron chi connectivity index (χ1n) is 7.47. The van der Waals surface area contributed by atoms with E-state index < -0.39 is 0 Å². The Bertz CT molecular complexity index is 514. The van der Waals surface area contributed by atoms with Gasteiger partial charge in [0.25, 0.3) is 0 Å². The third-order valence-electron chi connectivity index (χ3n) is 4.94. The number of hydrogen-bond donors (Lipinski definition) is 2. The van der Waals surface area contributed by atoms with Gasteiger partial charge in [-0.1, -0.05) is 23.7 Å². The second kappa shape index (κ2) is 5.44. The lowest BCUT2D eigenvalue weighted by atomic mass is 10.0. The summed E-state index contributed by atoms with van der Waals surface area (Å²) in [6.45, 7) is 5.63. The van der Waals surface area contributed by atoms with E-state index in [1.165, 1.54) is 43.5 Å². The molecule has 1 saturated carbocycles. The Morgan fingerprint density at radius 3 is 2.65 bits per heavy atom. The molecular weight excluding hydrogens is 250 g/mol. The number of aryl methyl sites for hydroxylation is 1. The van der Waals surface area contributed by atoms with Gasteiger partial charge in [-0.15, -0.1) is 0 Å². The third kappa shape index (κ3) is 2.52. The zero-order valence-electron chi connectivity index (χ0n) is 12.0. The molecule has 2 atom stereocenters. The van der Waals surface area contributed by atoms with E-state index in [9.17, 15) is 0 Å². The summed E-state index contributed by atoms with van der Waals surface area (Å²) in [5.74, 6) is 2.05. The van der Waals surface area contributed by atoms with Gasteiger partial charge in [0.2, 0.25) is 0 Å². The summed E-state index contributed by atoms with van der Waals surface area (Å²) in [7, 11) is 0. The summed E-state index contributed by atoms with van der Waals surface area (Å²) in [4.78, 5) is 2.58. The average molecular weight is 273 g/mol. The van der Waals surface area contributed by atoms with E-state index in [0.717, 1.165) is 23.9 Å². The van der Waals surface area contributed by atoms with Gasteiger partial charge in [-0.25, -0.2) is 0 Å². The molecule has 3 N–H and O–H groups in total. The average Bonchev–Trinajstić information content (AvgIpc) is 3.01. The predicted molar refractivity (Wildman–Crippen MR) is 79.8 cm³/mol. The highest BCUT2D eigenvalue weighted by atomic mass is 16.4. The van der Waals surface area contributed by atoms with Crippen molar-refractivity contribution in [2.24, 2.45) is 22.7 Å². The van der Waals surface area contributed by atoms with Crippen molar-refractivity contribution in [1.82, 2.24) is 4.90 Å². The molecule has 1 aliphatic carbocycles. The van der Waals surface area contributed by atoms with Crippen molar-refractivity contribution in [3.05, 3.63) is 34.9 Å². The van der Waals surface area contributed by atoms with Gasteiger partial charge in [-0.2, -0.15) is 0 Å². The summed E-state index contributed by atoms with van der Waals surface area (Å²) >= 11 is 0. The van der Waals surface area contributed by atoms with Crippen LogP contribution < -0.4 is 5.73 Å². The van der Waals surface area contributed by atoms with Crippen LogP contribution in [0.25, 0.3) is 0 Å². The Balaban J connectivity index is 1.69. The molecule has 4 heteroatoms. The standard InChI is InChI=1S/C16H23N3O/c1-11-7-12(16(17)18-20)5-6-13(11)8-19-9-14-3-2-4-15(14)10-19/h5-7,14-15,20H,2-4,8-10H2,1H3,(H2,17,18). The second-order valence-corrected chi connectivity index (χ2v) is 6.27. The van der Waals surface area contributed by atoms with Crippen molar-refractivity contribution in [3.63, 3.8) is 0 Å². The van der Waals surface area contributed by atoms with Crippen LogP contribution in [0.15, 0.2) is 23.4 Å². The highest BCUT2D eigenvalue weighted by Crippen LogP contribution is 2.38. The maximum atomic E-state index is 8.72. The van der Waals surface area contributed by atoms with Crippen LogP contribution in [-0.4, -0.2) is 29.0 Å². The van der Waals surface area contributed by atoms with Crippen LogP contribution in [0.2, 0.25) is 0 Å². The molecule has 2 unspecified atom stereocenters. The molecular formula is C16H23N3O. The molecule has 2 aliphatic rings. The Morgan fingerprint density at radius 2 is 2.05 bits per heavy atom. The number of hydrogen-bond acceptors (Lipinski definition) is 3. The van der Waals surface area contributed by atoms with Gasteiger partial charge in [0.05, 0.1) is 0 Å². The minimum Gasteiger partial charge on any atom is -0.409 e. The molecule has 4 nitrogen and oxygen atoms in total. The lowest BCUT2D eigenvalue weighted by Crippen LogP contribution is -2.22. The minimum absolute atomic E-state index is 0.176. The van der Waals surface area contributed by atoms with Crippen molar-refractivity contribution < 1.29 is 5.21 Å². The summed E-state index contributed by atoms with van der Waals surface area (Å²) in [6.07, 6.45) is 4.27. The molecule has 1 aromatic carbocycles. The third-order valence-corrected chi connectivity index (χ3v) is 4.94. The maximum Gasteiger partial charge on any atom is 0.170 e. The van der Waals surface area contributed by atoms with Gasteiger partial charge < -0.3 is 10.9 Å².